The fraction of sp³-hybridized carbons (Fsp3) is 0.500. The van der Waals surface area contributed by atoms with E-state index in [9.17, 15) is 0 Å². The van der Waals surface area contributed by atoms with Gasteiger partial charge in [0.1, 0.15) is 5.82 Å². The summed E-state index contributed by atoms with van der Waals surface area (Å²) in [6.45, 7) is 9.56. The van der Waals surface area contributed by atoms with E-state index in [2.05, 4.69) is 52.4 Å². The van der Waals surface area contributed by atoms with Crippen molar-refractivity contribution in [1.29, 1.82) is 0 Å². The average molecular weight is 339 g/mol. The summed E-state index contributed by atoms with van der Waals surface area (Å²) in [6.07, 6.45) is 8.91. The zero-order valence-electron chi connectivity index (χ0n) is 15.1. The lowest BCUT2D eigenvalue weighted by molar-refractivity contribution is 0.326. The second kappa shape index (κ2) is 6.15. The third-order valence-corrected chi connectivity index (χ3v) is 4.61. The van der Waals surface area contributed by atoms with Gasteiger partial charge in [0.25, 0.3) is 0 Å². The number of aromatic nitrogens is 5. The molecular weight excluding hydrogens is 314 g/mol. The summed E-state index contributed by atoms with van der Waals surface area (Å²) in [4.78, 5) is 6.70. The van der Waals surface area contributed by atoms with Gasteiger partial charge in [0.15, 0.2) is 5.65 Å². The summed E-state index contributed by atoms with van der Waals surface area (Å²) in [6, 6.07) is 4.41. The highest BCUT2D eigenvalue weighted by Gasteiger charge is 2.23. The van der Waals surface area contributed by atoms with Crippen molar-refractivity contribution in [2.75, 3.05) is 18.4 Å². The lowest BCUT2D eigenvalue weighted by atomic mass is 10.1. The van der Waals surface area contributed by atoms with Crippen LogP contribution in [0.1, 0.15) is 32.8 Å². The number of nitrogens with one attached hydrogen (secondary N) is 1. The van der Waals surface area contributed by atoms with Crippen LogP contribution in [0.3, 0.4) is 0 Å². The molecule has 4 rings (SSSR count). The van der Waals surface area contributed by atoms with Crippen molar-refractivity contribution in [1.82, 2.24) is 29.3 Å². The van der Waals surface area contributed by atoms with Crippen LogP contribution >= 0.6 is 0 Å². The largest absolute Gasteiger partial charge is 0.365 e. The molecule has 7 heteroatoms. The molecular formula is C18H25N7. The van der Waals surface area contributed by atoms with Gasteiger partial charge in [-0.3, -0.25) is 9.58 Å². The lowest BCUT2D eigenvalue weighted by Crippen LogP contribution is -2.26. The molecule has 1 N–H and O–H groups in total. The number of rotatable bonds is 4. The Kier molecular flexibility index (Phi) is 3.95. The molecule has 0 bridgehead atoms. The highest BCUT2D eigenvalue weighted by molar-refractivity contribution is 5.44. The van der Waals surface area contributed by atoms with Crippen LogP contribution in [0.4, 0.5) is 5.82 Å². The summed E-state index contributed by atoms with van der Waals surface area (Å²) in [5, 5.41) is 12.6. The topological polar surface area (TPSA) is 63.3 Å². The monoisotopic (exact) mass is 339 g/mol. The molecule has 4 heterocycles. The Hall–Kier alpha value is -2.41. The predicted octanol–water partition coefficient (Wildman–Crippen LogP) is 2.37. The number of anilines is 1. The normalized spacial score (nSPS) is 18.9. The standard InChI is InChI=1S/C18H25N7/c1-18(2,3)25-12-14(10-20-25)11-23-8-6-15(13-23)21-16-4-5-17-19-7-9-24(17)22-16/h4-5,7,9-10,12,15H,6,8,11,13H2,1-3H3,(H,21,22). The molecule has 0 radical (unpaired) electrons. The van der Waals surface area contributed by atoms with Crippen molar-refractivity contribution < 1.29 is 0 Å². The van der Waals surface area contributed by atoms with Gasteiger partial charge in [0, 0.05) is 49.8 Å². The maximum atomic E-state index is 4.55. The number of imidazole rings is 1. The molecule has 0 saturated carbocycles. The van der Waals surface area contributed by atoms with Crippen molar-refractivity contribution in [3.8, 4) is 0 Å². The van der Waals surface area contributed by atoms with E-state index in [1.807, 2.05) is 29.2 Å². The first-order valence-corrected chi connectivity index (χ1v) is 8.81. The van der Waals surface area contributed by atoms with Gasteiger partial charge >= 0.3 is 0 Å². The van der Waals surface area contributed by atoms with Crippen molar-refractivity contribution in [2.24, 2.45) is 0 Å². The molecule has 1 aliphatic heterocycles. The Morgan fingerprint density at radius 3 is 2.96 bits per heavy atom. The number of hydrogen-bond donors (Lipinski definition) is 1. The Morgan fingerprint density at radius 1 is 1.28 bits per heavy atom. The van der Waals surface area contributed by atoms with Crippen LogP contribution in [0.5, 0.6) is 0 Å². The van der Waals surface area contributed by atoms with Crippen LogP contribution in [0, 0.1) is 0 Å². The van der Waals surface area contributed by atoms with Crippen LogP contribution in [0.25, 0.3) is 5.65 Å². The Morgan fingerprint density at radius 2 is 2.16 bits per heavy atom. The minimum atomic E-state index is 0.0327. The zero-order chi connectivity index (χ0) is 17.4. The number of fused-ring (bicyclic) bond motifs is 1. The molecule has 0 aliphatic carbocycles. The van der Waals surface area contributed by atoms with Gasteiger partial charge in [0.05, 0.1) is 11.7 Å². The SMILES string of the molecule is CC(C)(C)n1cc(CN2CCC(Nc3ccc4nccn4n3)C2)cn1. The molecule has 1 fully saturated rings. The fourth-order valence-electron chi connectivity index (χ4n) is 3.26. The van der Waals surface area contributed by atoms with Crippen LogP contribution in [-0.4, -0.2) is 48.4 Å². The molecule has 0 spiro atoms. The van der Waals surface area contributed by atoms with Gasteiger partial charge in [-0.25, -0.2) is 9.50 Å². The van der Waals surface area contributed by atoms with Gasteiger partial charge in [-0.05, 0) is 39.3 Å². The van der Waals surface area contributed by atoms with E-state index < -0.39 is 0 Å². The zero-order valence-corrected chi connectivity index (χ0v) is 15.1. The van der Waals surface area contributed by atoms with Crippen molar-refractivity contribution in [2.45, 2.75) is 45.3 Å². The van der Waals surface area contributed by atoms with E-state index in [0.29, 0.717) is 6.04 Å². The third-order valence-electron chi connectivity index (χ3n) is 4.61. The van der Waals surface area contributed by atoms with Crippen LogP contribution < -0.4 is 5.32 Å². The molecule has 0 aromatic carbocycles. The maximum absolute atomic E-state index is 4.55. The maximum Gasteiger partial charge on any atom is 0.153 e. The second-order valence-electron chi connectivity index (χ2n) is 7.78. The minimum absolute atomic E-state index is 0.0327. The summed E-state index contributed by atoms with van der Waals surface area (Å²) in [5.74, 6) is 0.901. The molecule has 1 unspecified atom stereocenters. The van der Waals surface area contributed by atoms with Crippen LogP contribution in [-0.2, 0) is 12.1 Å². The summed E-state index contributed by atoms with van der Waals surface area (Å²) < 4.78 is 3.84. The first-order chi connectivity index (χ1) is 12.0. The fourth-order valence-corrected chi connectivity index (χ4v) is 3.26. The highest BCUT2D eigenvalue weighted by atomic mass is 15.3. The second-order valence-corrected chi connectivity index (χ2v) is 7.78. The smallest absolute Gasteiger partial charge is 0.153 e. The van der Waals surface area contributed by atoms with Crippen LogP contribution in [0.15, 0.2) is 36.9 Å². The minimum Gasteiger partial charge on any atom is -0.365 e. The summed E-state index contributed by atoms with van der Waals surface area (Å²) in [7, 11) is 0. The van der Waals surface area contributed by atoms with E-state index in [1.54, 1.807) is 10.7 Å². The van der Waals surface area contributed by atoms with E-state index in [-0.39, 0.29) is 5.54 Å². The Labute approximate surface area is 147 Å². The molecule has 1 atom stereocenters. The van der Waals surface area contributed by atoms with Crippen LogP contribution in [0.2, 0.25) is 0 Å². The molecule has 132 valence electrons. The van der Waals surface area contributed by atoms with Gasteiger partial charge in [-0.1, -0.05) is 0 Å². The molecule has 3 aromatic rings. The predicted molar refractivity (Wildman–Crippen MR) is 97.5 cm³/mol. The highest BCUT2D eigenvalue weighted by Crippen LogP contribution is 2.19. The third kappa shape index (κ3) is 3.51. The summed E-state index contributed by atoms with van der Waals surface area (Å²) in [5.41, 5.74) is 2.17. The van der Waals surface area contributed by atoms with E-state index >= 15 is 0 Å². The molecule has 1 saturated heterocycles. The molecule has 25 heavy (non-hydrogen) atoms. The molecule has 3 aromatic heterocycles. The first kappa shape index (κ1) is 16.1. The molecule has 7 nitrogen and oxygen atoms in total. The van der Waals surface area contributed by atoms with E-state index in [0.717, 1.165) is 37.5 Å². The molecule has 0 amide bonds. The van der Waals surface area contributed by atoms with Gasteiger partial charge in [0.2, 0.25) is 0 Å². The first-order valence-electron chi connectivity index (χ1n) is 8.81. The van der Waals surface area contributed by atoms with Crippen molar-refractivity contribution in [3.63, 3.8) is 0 Å². The Bertz CT molecular complexity index is 858. The van der Waals surface area contributed by atoms with Gasteiger partial charge in [-0.2, -0.15) is 5.10 Å². The van der Waals surface area contributed by atoms with Crippen molar-refractivity contribution in [3.05, 3.63) is 42.5 Å². The molecule has 1 aliphatic rings. The average Bonchev–Trinajstić information content (AvgIpc) is 3.27. The quantitative estimate of drug-likeness (QED) is 0.791. The van der Waals surface area contributed by atoms with Crippen molar-refractivity contribution >= 4 is 11.5 Å². The van der Waals surface area contributed by atoms with Gasteiger partial charge < -0.3 is 5.32 Å². The Balaban J connectivity index is 1.35. The van der Waals surface area contributed by atoms with E-state index in [1.165, 1.54) is 5.56 Å². The number of hydrogen-bond acceptors (Lipinski definition) is 5. The number of nitrogens with zero attached hydrogens (tertiary/aromatic N) is 6. The van der Waals surface area contributed by atoms with Gasteiger partial charge in [-0.15, -0.1) is 5.10 Å². The summed E-state index contributed by atoms with van der Waals surface area (Å²) >= 11 is 0. The lowest BCUT2D eigenvalue weighted by Gasteiger charge is -2.19. The van der Waals surface area contributed by atoms with E-state index in [4.69, 9.17) is 0 Å². The number of likely N-dealkylation sites (tertiary alicyclic amines) is 1.